The molecule has 0 spiro atoms. The van der Waals surface area contributed by atoms with Crippen LogP contribution in [-0.4, -0.2) is 22.1 Å². The highest BCUT2D eigenvalue weighted by Gasteiger charge is 2.10. The van der Waals surface area contributed by atoms with Crippen molar-refractivity contribution in [2.24, 2.45) is 32.9 Å². The maximum absolute atomic E-state index is 5.71. The van der Waals surface area contributed by atoms with E-state index in [1.54, 1.807) is 48.5 Å². The molecule has 1 aromatic heterocycles. The summed E-state index contributed by atoms with van der Waals surface area (Å²) in [6.45, 7) is 0. The van der Waals surface area contributed by atoms with Crippen LogP contribution in [0.3, 0.4) is 0 Å². The lowest BCUT2D eigenvalue weighted by Gasteiger charge is -1.98. The van der Waals surface area contributed by atoms with Crippen LogP contribution in [0.2, 0.25) is 0 Å². The molecule has 3 rings (SSSR count). The summed E-state index contributed by atoms with van der Waals surface area (Å²) in [5, 5.41) is 8.11. The summed E-state index contributed by atoms with van der Waals surface area (Å²) in [6.07, 6.45) is 0. The van der Waals surface area contributed by atoms with Gasteiger partial charge in [-0.05, 0) is 48.5 Å². The second-order valence-electron chi connectivity index (χ2n) is 5.08. The lowest BCUT2D eigenvalue weighted by atomic mass is 10.2. The summed E-state index contributed by atoms with van der Waals surface area (Å²) in [5.41, 5.74) is 24.2. The average molecular weight is 336 g/mol. The van der Waals surface area contributed by atoms with E-state index in [1.807, 2.05) is 0 Å². The highest BCUT2D eigenvalue weighted by atomic mass is 16.4. The van der Waals surface area contributed by atoms with Crippen LogP contribution in [0, 0.1) is 0 Å². The molecule has 8 N–H and O–H groups in total. The zero-order chi connectivity index (χ0) is 17.8. The Labute approximate surface area is 143 Å². The number of aromatic nitrogens is 2. The number of nitrogens with two attached hydrogens (primary N) is 4. The van der Waals surface area contributed by atoms with Crippen molar-refractivity contribution in [2.45, 2.75) is 0 Å². The third kappa shape index (κ3) is 3.91. The molecular formula is C16H16N8O. The summed E-state index contributed by atoms with van der Waals surface area (Å²) < 4.78 is 5.71. The summed E-state index contributed by atoms with van der Waals surface area (Å²) in [6, 6.07) is 14.2. The molecule has 0 unspecified atom stereocenters. The van der Waals surface area contributed by atoms with Crippen molar-refractivity contribution in [2.75, 3.05) is 0 Å². The first-order valence-corrected chi connectivity index (χ1v) is 7.25. The van der Waals surface area contributed by atoms with E-state index in [1.165, 1.54) is 0 Å². The minimum Gasteiger partial charge on any atom is -0.416 e. The normalized spacial score (nSPS) is 10.2. The number of hydrogen-bond donors (Lipinski definition) is 4. The number of rotatable bonds is 4. The number of aliphatic imine (C=N–C) groups is 2. The van der Waals surface area contributed by atoms with Crippen molar-refractivity contribution in [1.29, 1.82) is 0 Å². The smallest absolute Gasteiger partial charge is 0.248 e. The standard InChI is InChI=1S/C16H16N8O/c17-15(18)21-11-5-1-9(2-6-11)13-23-24-14(25-13)10-3-7-12(8-4-10)22-16(19)20/h1-8H,(H4,17,18,21)(H4,19,20,22). The molecule has 1 heterocycles. The maximum atomic E-state index is 5.71. The van der Waals surface area contributed by atoms with Gasteiger partial charge in [0.15, 0.2) is 11.9 Å². The lowest BCUT2D eigenvalue weighted by Crippen LogP contribution is -2.21. The summed E-state index contributed by atoms with van der Waals surface area (Å²) in [5.74, 6) is 0.771. The molecule has 0 amide bonds. The van der Waals surface area contributed by atoms with E-state index in [9.17, 15) is 0 Å². The van der Waals surface area contributed by atoms with Gasteiger partial charge in [-0.2, -0.15) is 0 Å². The Kier molecular flexibility index (Phi) is 4.29. The molecule has 0 saturated heterocycles. The van der Waals surface area contributed by atoms with Crippen LogP contribution in [0.25, 0.3) is 22.9 Å². The highest BCUT2D eigenvalue weighted by Crippen LogP contribution is 2.26. The molecule has 0 saturated carbocycles. The second-order valence-corrected chi connectivity index (χ2v) is 5.08. The molecule has 126 valence electrons. The van der Waals surface area contributed by atoms with E-state index >= 15 is 0 Å². The quantitative estimate of drug-likeness (QED) is 0.410. The van der Waals surface area contributed by atoms with Gasteiger partial charge in [0.05, 0.1) is 11.4 Å². The fourth-order valence-electron chi connectivity index (χ4n) is 2.11. The van der Waals surface area contributed by atoms with Crippen molar-refractivity contribution in [3.05, 3.63) is 48.5 Å². The van der Waals surface area contributed by atoms with Crippen molar-refractivity contribution < 1.29 is 4.42 Å². The molecule has 9 heteroatoms. The number of guanidine groups is 2. The van der Waals surface area contributed by atoms with E-state index in [-0.39, 0.29) is 11.9 Å². The van der Waals surface area contributed by atoms with Gasteiger partial charge < -0.3 is 27.4 Å². The molecule has 3 aromatic rings. The molecule has 0 aliphatic carbocycles. The highest BCUT2D eigenvalue weighted by molar-refractivity contribution is 5.79. The van der Waals surface area contributed by atoms with Gasteiger partial charge in [0.1, 0.15) is 0 Å². The minimum absolute atomic E-state index is 0.00278. The predicted molar refractivity (Wildman–Crippen MR) is 96.1 cm³/mol. The third-order valence-electron chi connectivity index (χ3n) is 3.17. The molecule has 2 aromatic carbocycles. The number of hydrogen-bond acceptors (Lipinski definition) is 5. The number of nitrogens with zero attached hydrogens (tertiary/aromatic N) is 4. The molecular weight excluding hydrogens is 320 g/mol. The van der Waals surface area contributed by atoms with Crippen LogP contribution < -0.4 is 22.9 Å². The van der Waals surface area contributed by atoms with Crippen LogP contribution in [0.15, 0.2) is 62.9 Å². The average Bonchev–Trinajstić information content (AvgIpc) is 3.05. The first-order chi connectivity index (χ1) is 12.0. The zero-order valence-corrected chi connectivity index (χ0v) is 13.1. The summed E-state index contributed by atoms with van der Waals surface area (Å²) in [4.78, 5) is 7.91. The third-order valence-corrected chi connectivity index (χ3v) is 3.17. The Balaban J connectivity index is 1.82. The fraction of sp³-hybridized carbons (Fsp3) is 0. The van der Waals surface area contributed by atoms with E-state index in [2.05, 4.69) is 20.2 Å². The SMILES string of the molecule is NC(N)=Nc1ccc(-c2nnc(-c3ccc(N=C(N)N)cc3)o2)cc1. The van der Waals surface area contributed by atoms with Gasteiger partial charge in [-0.1, -0.05) is 0 Å². The molecule has 0 atom stereocenters. The molecule has 0 aliphatic rings. The van der Waals surface area contributed by atoms with Gasteiger partial charge in [0, 0.05) is 11.1 Å². The van der Waals surface area contributed by atoms with Crippen LogP contribution in [0.1, 0.15) is 0 Å². The van der Waals surface area contributed by atoms with E-state index in [0.717, 1.165) is 11.1 Å². The van der Waals surface area contributed by atoms with Crippen LogP contribution >= 0.6 is 0 Å². The first kappa shape index (κ1) is 16.0. The molecule has 0 fully saturated rings. The summed E-state index contributed by atoms with van der Waals surface area (Å²) in [7, 11) is 0. The van der Waals surface area contributed by atoms with Gasteiger partial charge in [-0.15, -0.1) is 10.2 Å². The molecule has 0 radical (unpaired) electrons. The summed E-state index contributed by atoms with van der Waals surface area (Å²) >= 11 is 0. The Morgan fingerprint density at radius 2 is 1.00 bits per heavy atom. The van der Waals surface area contributed by atoms with Gasteiger partial charge in [-0.3, -0.25) is 0 Å². The van der Waals surface area contributed by atoms with Crippen molar-refractivity contribution >= 4 is 23.3 Å². The zero-order valence-electron chi connectivity index (χ0n) is 13.1. The van der Waals surface area contributed by atoms with Gasteiger partial charge in [0.25, 0.3) is 0 Å². The Morgan fingerprint density at radius 3 is 1.32 bits per heavy atom. The van der Waals surface area contributed by atoms with E-state index < -0.39 is 0 Å². The van der Waals surface area contributed by atoms with Gasteiger partial charge in [-0.25, -0.2) is 9.98 Å². The number of benzene rings is 2. The predicted octanol–water partition coefficient (Wildman–Crippen LogP) is 1.21. The van der Waals surface area contributed by atoms with Crippen LogP contribution in [0.4, 0.5) is 11.4 Å². The Morgan fingerprint density at radius 1 is 0.640 bits per heavy atom. The minimum atomic E-state index is -0.00278. The van der Waals surface area contributed by atoms with Gasteiger partial charge in [0.2, 0.25) is 11.8 Å². The monoisotopic (exact) mass is 336 g/mol. The van der Waals surface area contributed by atoms with Crippen molar-refractivity contribution in [3.63, 3.8) is 0 Å². The molecule has 9 nitrogen and oxygen atoms in total. The maximum Gasteiger partial charge on any atom is 0.248 e. The molecule has 0 bridgehead atoms. The van der Waals surface area contributed by atoms with Crippen molar-refractivity contribution in [3.8, 4) is 22.9 Å². The molecule has 25 heavy (non-hydrogen) atoms. The fourth-order valence-corrected chi connectivity index (χ4v) is 2.11. The Hall–Kier alpha value is -3.88. The lowest BCUT2D eigenvalue weighted by molar-refractivity contribution is 0.584. The topological polar surface area (TPSA) is 168 Å². The van der Waals surface area contributed by atoms with Crippen molar-refractivity contribution in [1.82, 2.24) is 10.2 Å². The van der Waals surface area contributed by atoms with Crippen LogP contribution in [-0.2, 0) is 0 Å². The Bertz CT molecular complexity index is 842. The van der Waals surface area contributed by atoms with E-state index in [4.69, 9.17) is 27.4 Å². The largest absolute Gasteiger partial charge is 0.416 e. The second kappa shape index (κ2) is 6.71. The van der Waals surface area contributed by atoms with Crippen LogP contribution in [0.5, 0.6) is 0 Å². The first-order valence-electron chi connectivity index (χ1n) is 7.25. The van der Waals surface area contributed by atoms with E-state index in [0.29, 0.717) is 23.2 Å². The van der Waals surface area contributed by atoms with Gasteiger partial charge >= 0.3 is 0 Å². The molecule has 0 aliphatic heterocycles.